The van der Waals surface area contributed by atoms with Crippen molar-refractivity contribution in [3.8, 4) is 28.2 Å². The zero-order valence-electron chi connectivity index (χ0n) is 19.0. The molecule has 1 aliphatic heterocycles. The number of rotatable bonds is 7. The van der Waals surface area contributed by atoms with Gasteiger partial charge in [-0.2, -0.15) is 14.9 Å². The molecule has 1 fully saturated rings. The van der Waals surface area contributed by atoms with Crippen molar-refractivity contribution >= 4 is 5.82 Å². The number of aliphatic hydroxyl groups excluding tert-OH is 1. The monoisotopic (exact) mass is 478 g/mol. The van der Waals surface area contributed by atoms with E-state index in [1.807, 2.05) is 25.1 Å². The average Bonchev–Trinajstić information content (AvgIpc) is 3.23. The molecule has 0 amide bonds. The molecule has 0 unspecified atom stereocenters. The second-order valence-corrected chi connectivity index (χ2v) is 8.82. The van der Waals surface area contributed by atoms with Gasteiger partial charge in [0.25, 0.3) is 5.56 Å². The first-order valence-electron chi connectivity index (χ1n) is 11.2. The highest BCUT2D eigenvalue weighted by Crippen LogP contribution is 2.37. The molecule has 4 N–H and O–H groups in total. The predicted octanol–water partition coefficient (Wildman–Crippen LogP) is 2.87. The molecule has 0 aliphatic carbocycles. The minimum Gasteiger partial charge on any atom is -0.396 e. The lowest BCUT2D eigenvalue weighted by Crippen LogP contribution is -2.59. The molecule has 0 spiro atoms. The summed E-state index contributed by atoms with van der Waals surface area (Å²) >= 11 is 0. The molecule has 35 heavy (non-hydrogen) atoms. The van der Waals surface area contributed by atoms with Gasteiger partial charge in [-0.15, -0.1) is 0 Å². The number of nitrogens with zero attached hydrogens (tertiary/aromatic N) is 3. The van der Waals surface area contributed by atoms with Crippen LogP contribution in [-0.4, -0.2) is 51.3 Å². The lowest BCUT2D eigenvalue weighted by molar-refractivity contribution is 0.0809. The van der Waals surface area contributed by atoms with Crippen molar-refractivity contribution in [1.82, 2.24) is 25.3 Å². The molecule has 0 saturated carbocycles. The van der Waals surface area contributed by atoms with E-state index in [0.29, 0.717) is 42.4 Å². The first kappa shape index (κ1) is 22.9. The van der Waals surface area contributed by atoms with Gasteiger partial charge in [0, 0.05) is 42.7 Å². The molecule has 5 rings (SSSR count). The molecule has 10 heteroatoms. The van der Waals surface area contributed by atoms with Gasteiger partial charge in [0.2, 0.25) is 0 Å². The Balaban J connectivity index is 1.65. The van der Waals surface area contributed by atoms with Gasteiger partial charge < -0.3 is 15.7 Å². The van der Waals surface area contributed by atoms with Crippen molar-refractivity contribution in [2.24, 2.45) is 5.41 Å². The number of aryl methyl sites for hydroxylation is 1. The van der Waals surface area contributed by atoms with Crippen molar-refractivity contribution in [2.75, 3.05) is 31.6 Å². The quantitative estimate of drug-likeness (QED) is 0.325. The number of H-pyrrole nitrogens is 1. The first-order chi connectivity index (χ1) is 16.9. The highest BCUT2D eigenvalue weighted by molar-refractivity contribution is 5.87. The van der Waals surface area contributed by atoms with Crippen LogP contribution in [-0.2, 0) is 0 Å². The Kier molecular flexibility index (Phi) is 5.91. The van der Waals surface area contributed by atoms with E-state index in [2.05, 4.69) is 25.9 Å². The molecule has 2 aromatic heterocycles. The van der Waals surface area contributed by atoms with Gasteiger partial charge in [-0.25, -0.2) is 8.78 Å². The molecule has 180 valence electrons. The van der Waals surface area contributed by atoms with Crippen molar-refractivity contribution < 1.29 is 13.9 Å². The standard InChI is InChI=1S/C25H24F2N6O2/c1-15-4-2-3-5-20(15)33-21(35)9-8-19(32-33)22-23(17-7-6-16(26)10-18(17)27)30-31-24(22)29-13-25(14-34)11-28-12-25/h2-10,28,34H,11-14H2,1H3,(H2,29,30,31). The summed E-state index contributed by atoms with van der Waals surface area (Å²) in [6.45, 7) is 3.57. The number of hydrogen-bond donors (Lipinski definition) is 4. The van der Waals surface area contributed by atoms with Crippen LogP contribution in [0.5, 0.6) is 0 Å². The molecular weight excluding hydrogens is 454 g/mol. The van der Waals surface area contributed by atoms with Crippen LogP contribution in [0.25, 0.3) is 28.2 Å². The number of para-hydroxylation sites is 1. The van der Waals surface area contributed by atoms with Crippen molar-refractivity contribution in [1.29, 1.82) is 0 Å². The molecule has 0 atom stereocenters. The maximum Gasteiger partial charge on any atom is 0.271 e. The Bertz CT molecular complexity index is 1440. The van der Waals surface area contributed by atoms with Crippen LogP contribution in [0, 0.1) is 24.0 Å². The normalized spacial score (nSPS) is 14.5. The van der Waals surface area contributed by atoms with E-state index in [-0.39, 0.29) is 28.8 Å². The topological polar surface area (TPSA) is 108 Å². The Morgan fingerprint density at radius 1 is 1.14 bits per heavy atom. The van der Waals surface area contributed by atoms with Gasteiger partial charge in [0.1, 0.15) is 11.6 Å². The lowest BCUT2D eigenvalue weighted by Gasteiger charge is -2.41. The zero-order chi connectivity index (χ0) is 24.6. The van der Waals surface area contributed by atoms with Crippen LogP contribution in [0.4, 0.5) is 14.6 Å². The number of benzene rings is 2. The fourth-order valence-corrected chi connectivity index (χ4v) is 4.17. The predicted molar refractivity (Wildman–Crippen MR) is 128 cm³/mol. The average molecular weight is 479 g/mol. The largest absolute Gasteiger partial charge is 0.396 e. The maximum atomic E-state index is 14.8. The minimum atomic E-state index is -0.760. The minimum absolute atomic E-state index is 0.0113. The Labute approximate surface area is 199 Å². The number of anilines is 1. The number of aromatic nitrogens is 4. The van der Waals surface area contributed by atoms with E-state index < -0.39 is 11.6 Å². The molecule has 8 nitrogen and oxygen atoms in total. The van der Waals surface area contributed by atoms with Gasteiger partial charge in [0.15, 0.2) is 5.82 Å². The lowest BCUT2D eigenvalue weighted by atomic mass is 9.82. The molecule has 1 aliphatic rings. The first-order valence-corrected chi connectivity index (χ1v) is 11.2. The summed E-state index contributed by atoms with van der Waals surface area (Å²) in [5, 5.41) is 28.0. The summed E-state index contributed by atoms with van der Waals surface area (Å²) in [7, 11) is 0. The molecule has 1 saturated heterocycles. The van der Waals surface area contributed by atoms with Crippen LogP contribution in [0.1, 0.15) is 5.56 Å². The smallest absolute Gasteiger partial charge is 0.271 e. The van der Waals surface area contributed by atoms with Gasteiger partial charge in [0.05, 0.1) is 29.2 Å². The Hall–Kier alpha value is -3.89. The Morgan fingerprint density at radius 2 is 1.94 bits per heavy atom. The zero-order valence-corrected chi connectivity index (χ0v) is 19.0. The summed E-state index contributed by atoms with van der Waals surface area (Å²) < 4.78 is 29.7. The fraction of sp³-hybridized carbons (Fsp3) is 0.240. The highest BCUT2D eigenvalue weighted by Gasteiger charge is 2.36. The third kappa shape index (κ3) is 4.22. The van der Waals surface area contributed by atoms with Crippen LogP contribution >= 0.6 is 0 Å². The summed E-state index contributed by atoms with van der Waals surface area (Å²) in [6, 6.07) is 13.6. The number of halogens is 2. The second-order valence-electron chi connectivity index (χ2n) is 8.82. The molecular formula is C25H24F2N6O2. The number of aliphatic hydroxyl groups is 1. The molecule has 0 bridgehead atoms. The molecule has 2 aromatic carbocycles. The summed E-state index contributed by atoms with van der Waals surface area (Å²) in [4.78, 5) is 12.7. The van der Waals surface area contributed by atoms with Crippen molar-refractivity contribution in [3.05, 3.63) is 82.1 Å². The summed E-state index contributed by atoms with van der Waals surface area (Å²) in [5.41, 5.74) is 2.01. The van der Waals surface area contributed by atoms with Gasteiger partial charge in [-0.3, -0.25) is 9.89 Å². The Morgan fingerprint density at radius 3 is 2.63 bits per heavy atom. The van der Waals surface area contributed by atoms with E-state index in [9.17, 15) is 18.7 Å². The fourth-order valence-electron chi connectivity index (χ4n) is 4.17. The maximum absolute atomic E-state index is 14.8. The third-order valence-electron chi connectivity index (χ3n) is 6.33. The van der Waals surface area contributed by atoms with Gasteiger partial charge in [-0.05, 0) is 36.8 Å². The third-order valence-corrected chi connectivity index (χ3v) is 6.33. The van der Waals surface area contributed by atoms with Crippen LogP contribution < -0.4 is 16.2 Å². The van der Waals surface area contributed by atoms with Crippen LogP contribution in [0.15, 0.2) is 59.4 Å². The summed E-state index contributed by atoms with van der Waals surface area (Å²) in [5.74, 6) is -1.08. The van der Waals surface area contributed by atoms with Gasteiger partial charge in [-0.1, -0.05) is 18.2 Å². The molecule has 4 aromatic rings. The van der Waals surface area contributed by atoms with E-state index in [0.717, 1.165) is 11.6 Å². The van der Waals surface area contributed by atoms with Crippen LogP contribution in [0.3, 0.4) is 0 Å². The van der Waals surface area contributed by atoms with E-state index in [4.69, 9.17) is 0 Å². The number of hydrogen-bond acceptors (Lipinski definition) is 6. The van der Waals surface area contributed by atoms with Crippen molar-refractivity contribution in [2.45, 2.75) is 6.92 Å². The SMILES string of the molecule is Cc1ccccc1-n1nc(-c2c(NCC3(CO)CNC3)n[nH]c2-c2ccc(F)cc2F)ccc1=O. The molecule has 0 radical (unpaired) electrons. The summed E-state index contributed by atoms with van der Waals surface area (Å²) in [6.07, 6.45) is 0. The number of nitrogens with one attached hydrogen (secondary N) is 3. The van der Waals surface area contributed by atoms with Crippen molar-refractivity contribution in [3.63, 3.8) is 0 Å². The number of aromatic amines is 1. The van der Waals surface area contributed by atoms with Gasteiger partial charge >= 0.3 is 0 Å². The van der Waals surface area contributed by atoms with E-state index >= 15 is 0 Å². The van der Waals surface area contributed by atoms with E-state index in [1.54, 1.807) is 12.1 Å². The van der Waals surface area contributed by atoms with Crippen LogP contribution in [0.2, 0.25) is 0 Å². The van der Waals surface area contributed by atoms with E-state index in [1.165, 1.54) is 22.9 Å². The second kappa shape index (κ2) is 9.05. The highest BCUT2D eigenvalue weighted by atomic mass is 19.1. The molecule has 3 heterocycles.